The van der Waals surface area contributed by atoms with Crippen LogP contribution >= 0.6 is 0 Å². The Hall–Kier alpha value is -2.30. The van der Waals surface area contributed by atoms with Crippen molar-refractivity contribution < 1.29 is 9.59 Å². The summed E-state index contributed by atoms with van der Waals surface area (Å²) in [6.45, 7) is 2.34. The van der Waals surface area contributed by atoms with Crippen molar-refractivity contribution in [1.29, 1.82) is 0 Å². The van der Waals surface area contributed by atoms with Crippen LogP contribution in [-0.2, 0) is 17.6 Å². The van der Waals surface area contributed by atoms with Gasteiger partial charge in [0.2, 0.25) is 5.91 Å². The molecule has 1 aromatic heterocycles. The van der Waals surface area contributed by atoms with Gasteiger partial charge in [-0.25, -0.2) is 0 Å². The number of aromatic nitrogens is 1. The third-order valence-electron chi connectivity index (χ3n) is 4.14. The van der Waals surface area contributed by atoms with Crippen molar-refractivity contribution in [2.45, 2.75) is 32.6 Å². The van der Waals surface area contributed by atoms with Crippen LogP contribution in [-0.4, -0.2) is 29.9 Å². The standard InChI is InChI=1S/C17H21N3O2/c1-11(21)18-8-9-19-17(22)12-6-7-16-14(10-12)13-4-2-3-5-15(13)20-16/h6-7,10,20H,2-5,8-9H2,1H3,(H,18,21)(H,19,22). The maximum absolute atomic E-state index is 12.2. The van der Waals surface area contributed by atoms with Gasteiger partial charge in [0.15, 0.2) is 0 Å². The molecule has 0 saturated heterocycles. The molecule has 0 spiro atoms. The van der Waals surface area contributed by atoms with Gasteiger partial charge >= 0.3 is 0 Å². The average molecular weight is 299 g/mol. The van der Waals surface area contributed by atoms with Crippen molar-refractivity contribution in [3.05, 3.63) is 35.0 Å². The molecule has 2 amide bonds. The number of aryl methyl sites for hydroxylation is 2. The van der Waals surface area contributed by atoms with Crippen molar-refractivity contribution in [3.63, 3.8) is 0 Å². The van der Waals surface area contributed by atoms with Crippen LogP contribution in [0.5, 0.6) is 0 Å². The first-order chi connectivity index (χ1) is 10.6. The maximum atomic E-state index is 12.2. The predicted molar refractivity (Wildman–Crippen MR) is 86.0 cm³/mol. The normalized spacial score (nSPS) is 13.7. The quantitative estimate of drug-likeness (QED) is 0.755. The fraction of sp³-hybridized carbons (Fsp3) is 0.412. The predicted octanol–water partition coefficient (Wildman–Crippen LogP) is 1.91. The van der Waals surface area contributed by atoms with Gasteiger partial charge in [-0.3, -0.25) is 9.59 Å². The van der Waals surface area contributed by atoms with Crippen molar-refractivity contribution in [2.75, 3.05) is 13.1 Å². The summed E-state index contributed by atoms with van der Waals surface area (Å²) in [7, 11) is 0. The van der Waals surface area contributed by atoms with Gasteiger partial charge in [0, 0.05) is 42.2 Å². The summed E-state index contributed by atoms with van der Waals surface area (Å²) >= 11 is 0. The van der Waals surface area contributed by atoms with Gasteiger partial charge in [-0.15, -0.1) is 0 Å². The monoisotopic (exact) mass is 299 g/mol. The highest BCUT2D eigenvalue weighted by atomic mass is 16.2. The average Bonchev–Trinajstić information content (AvgIpc) is 2.89. The first-order valence-electron chi connectivity index (χ1n) is 7.81. The molecule has 0 saturated carbocycles. The van der Waals surface area contributed by atoms with E-state index in [1.165, 1.54) is 36.4 Å². The second kappa shape index (κ2) is 6.22. The summed E-state index contributed by atoms with van der Waals surface area (Å²) in [6, 6.07) is 5.80. The lowest BCUT2D eigenvalue weighted by atomic mass is 9.95. The molecule has 0 atom stereocenters. The summed E-state index contributed by atoms with van der Waals surface area (Å²) in [5.74, 6) is -0.187. The van der Waals surface area contributed by atoms with Gasteiger partial charge < -0.3 is 15.6 Å². The molecule has 3 N–H and O–H groups in total. The lowest BCUT2D eigenvalue weighted by Crippen LogP contribution is -2.33. The molecule has 1 heterocycles. The Balaban J connectivity index is 1.74. The number of rotatable bonds is 4. The van der Waals surface area contributed by atoms with Gasteiger partial charge in [-0.05, 0) is 49.4 Å². The molecule has 5 heteroatoms. The molecule has 116 valence electrons. The number of H-pyrrole nitrogens is 1. The van der Waals surface area contributed by atoms with Crippen molar-refractivity contribution in [1.82, 2.24) is 15.6 Å². The van der Waals surface area contributed by atoms with E-state index in [0.717, 1.165) is 18.4 Å². The van der Waals surface area contributed by atoms with Crippen LogP contribution < -0.4 is 10.6 Å². The van der Waals surface area contributed by atoms with Crippen LogP contribution in [0, 0.1) is 0 Å². The minimum Gasteiger partial charge on any atom is -0.358 e. The number of nitrogens with one attached hydrogen (secondary N) is 3. The zero-order valence-corrected chi connectivity index (χ0v) is 12.8. The summed E-state index contributed by atoms with van der Waals surface area (Å²) in [5.41, 5.74) is 4.48. The SMILES string of the molecule is CC(=O)NCCNC(=O)c1ccc2[nH]c3c(c2c1)CCCC3. The molecule has 1 aromatic carbocycles. The van der Waals surface area contributed by atoms with Crippen LogP contribution in [0.2, 0.25) is 0 Å². The number of fused-ring (bicyclic) bond motifs is 3. The zero-order chi connectivity index (χ0) is 15.5. The highest BCUT2D eigenvalue weighted by molar-refractivity contribution is 5.99. The molecule has 22 heavy (non-hydrogen) atoms. The van der Waals surface area contributed by atoms with E-state index in [1.54, 1.807) is 0 Å². The fourth-order valence-electron chi connectivity index (χ4n) is 3.06. The zero-order valence-electron chi connectivity index (χ0n) is 12.8. The summed E-state index contributed by atoms with van der Waals surface area (Å²) in [4.78, 5) is 26.4. The number of hydrogen-bond donors (Lipinski definition) is 3. The number of carbonyl (C=O) groups excluding carboxylic acids is 2. The molecule has 0 aliphatic heterocycles. The third-order valence-corrected chi connectivity index (χ3v) is 4.14. The largest absolute Gasteiger partial charge is 0.358 e. The van der Waals surface area contributed by atoms with Gasteiger partial charge in [0.1, 0.15) is 0 Å². The van der Waals surface area contributed by atoms with Crippen molar-refractivity contribution >= 4 is 22.7 Å². The smallest absolute Gasteiger partial charge is 0.251 e. The molecule has 0 fully saturated rings. The lowest BCUT2D eigenvalue weighted by Gasteiger charge is -2.10. The van der Waals surface area contributed by atoms with Crippen molar-refractivity contribution in [3.8, 4) is 0 Å². The summed E-state index contributed by atoms with van der Waals surface area (Å²) in [5, 5.41) is 6.66. The first-order valence-corrected chi connectivity index (χ1v) is 7.81. The van der Waals surface area contributed by atoms with E-state index in [0.29, 0.717) is 18.7 Å². The summed E-state index contributed by atoms with van der Waals surface area (Å²) < 4.78 is 0. The van der Waals surface area contributed by atoms with Crippen molar-refractivity contribution in [2.24, 2.45) is 0 Å². The van der Waals surface area contributed by atoms with E-state index in [2.05, 4.69) is 15.6 Å². The highest BCUT2D eigenvalue weighted by Crippen LogP contribution is 2.29. The number of aromatic amines is 1. The second-order valence-corrected chi connectivity index (χ2v) is 5.79. The number of hydrogen-bond acceptors (Lipinski definition) is 2. The van der Waals surface area contributed by atoms with E-state index in [4.69, 9.17) is 0 Å². The third kappa shape index (κ3) is 2.98. The minimum atomic E-state index is -0.0991. The Morgan fingerprint density at radius 2 is 1.91 bits per heavy atom. The Labute approximate surface area is 129 Å². The van der Waals surface area contributed by atoms with Crippen LogP contribution in [0.3, 0.4) is 0 Å². The molecule has 5 nitrogen and oxygen atoms in total. The van der Waals surface area contributed by atoms with Crippen LogP contribution in [0.4, 0.5) is 0 Å². The van der Waals surface area contributed by atoms with Crippen LogP contribution in [0.15, 0.2) is 18.2 Å². The van der Waals surface area contributed by atoms with E-state index in [1.807, 2.05) is 18.2 Å². The number of benzene rings is 1. The minimum absolute atomic E-state index is 0.0883. The molecule has 1 aliphatic rings. The van der Waals surface area contributed by atoms with Gasteiger partial charge in [0.25, 0.3) is 5.91 Å². The maximum Gasteiger partial charge on any atom is 0.251 e. The lowest BCUT2D eigenvalue weighted by molar-refractivity contribution is -0.118. The molecular weight excluding hydrogens is 278 g/mol. The Morgan fingerprint density at radius 1 is 1.14 bits per heavy atom. The molecular formula is C17H21N3O2. The molecule has 0 unspecified atom stereocenters. The molecule has 0 radical (unpaired) electrons. The molecule has 0 bridgehead atoms. The number of carbonyl (C=O) groups is 2. The fourth-order valence-corrected chi connectivity index (χ4v) is 3.06. The van der Waals surface area contributed by atoms with Gasteiger partial charge in [0.05, 0.1) is 0 Å². The molecule has 3 rings (SSSR count). The number of amides is 2. The first kappa shape index (κ1) is 14.6. The second-order valence-electron chi connectivity index (χ2n) is 5.79. The Bertz CT molecular complexity index is 718. The topological polar surface area (TPSA) is 74.0 Å². The van der Waals surface area contributed by atoms with Crippen LogP contribution in [0.1, 0.15) is 41.4 Å². The van der Waals surface area contributed by atoms with E-state index in [9.17, 15) is 9.59 Å². The summed E-state index contributed by atoms with van der Waals surface area (Å²) in [6.07, 6.45) is 4.63. The van der Waals surface area contributed by atoms with E-state index < -0.39 is 0 Å². The Morgan fingerprint density at radius 3 is 2.73 bits per heavy atom. The highest BCUT2D eigenvalue weighted by Gasteiger charge is 2.16. The Kier molecular flexibility index (Phi) is 4.13. The van der Waals surface area contributed by atoms with Crippen LogP contribution in [0.25, 0.3) is 10.9 Å². The molecule has 1 aliphatic carbocycles. The molecule has 2 aromatic rings. The van der Waals surface area contributed by atoms with Gasteiger partial charge in [-0.1, -0.05) is 0 Å². The van der Waals surface area contributed by atoms with E-state index in [-0.39, 0.29) is 11.8 Å². The van der Waals surface area contributed by atoms with E-state index >= 15 is 0 Å². The van der Waals surface area contributed by atoms with Gasteiger partial charge in [-0.2, -0.15) is 0 Å².